The molecule has 0 unspecified atom stereocenters. The Hall–Kier alpha value is -0.120. The van der Waals surface area contributed by atoms with Gasteiger partial charge >= 0.3 is 0 Å². The van der Waals surface area contributed by atoms with Crippen LogP contribution >= 0.6 is 0 Å². The first-order chi connectivity index (χ1) is 7.34. The summed E-state index contributed by atoms with van der Waals surface area (Å²) < 4.78 is 5.26. The van der Waals surface area contributed by atoms with E-state index in [0.717, 1.165) is 38.9 Å². The van der Waals surface area contributed by atoms with Crippen molar-refractivity contribution < 1.29 is 4.74 Å². The Morgan fingerprint density at radius 2 is 2.00 bits per heavy atom. The topological polar surface area (TPSA) is 24.5 Å². The standard InChI is InChI=1S/C12H26N2O/c1-3-15-11-9-13-8-10-14(2)12-6-4-5-7-12/h12-13H,3-11H2,1-2H3. The van der Waals surface area contributed by atoms with Crippen molar-refractivity contribution in [3.8, 4) is 0 Å². The molecule has 1 fully saturated rings. The summed E-state index contributed by atoms with van der Waals surface area (Å²) in [6.07, 6.45) is 5.64. The second-order valence-electron chi connectivity index (χ2n) is 4.37. The highest BCUT2D eigenvalue weighted by Crippen LogP contribution is 2.21. The lowest BCUT2D eigenvalue weighted by Crippen LogP contribution is -2.36. The highest BCUT2D eigenvalue weighted by molar-refractivity contribution is 4.75. The molecule has 0 atom stereocenters. The van der Waals surface area contributed by atoms with E-state index in [2.05, 4.69) is 17.3 Å². The average Bonchev–Trinajstić information content (AvgIpc) is 2.76. The van der Waals surface area contributed by atoms with Crippen LogP contribution < -0.4 is 5.32 Å². The minimum Gasteiger partial charge on any atom is -0.380 e. The lowest BCUT2D eigenvalue weighted by atomic mass is 10.2. The summed E-state index contributed by atoms with van der Waals surface area (Å²) in [6, 6.07) is 0.846. The zero-order valence-corrected chi connectivity index (χ0v) is 10.3. The number of nitrogens with zero attached hydrogens (tertiary/aromatic N) is 1. The van der Waals surface area contributed by atoms with Crippen molar-refractivity contribution in [1.82, 2.24) is 10.2 Å². The van der Waals surface area contributed by atoms with E-state index in [0.29, 0.717) is 0 Å². The molecule has 0 spiro atoms. The van der Waals surface area contributed by atoms with Crippen LogP contribution in [0.4, 0.5) is 0 Å². The third kappa shape index (κ3) is 5.50. The molecule has 0 aromatic rings. The van der Waals surface area contributed by atoms with Gasteiger partial charge in [0, 0.05) is 32.3 Å². The van der Waals surface area contributed by atoms with Crippen molar-refractivity contribution in [2.24, 2.45) is 0 Å². The molecule has 0 radical (unpaired) electrons. The fourth-order valence-corrected chi connectivity index (χ4v) is 2.20. The summed E-state index contributed by atoms with van der Waals surface area (Å²) >= 11 is 0. The molecule has 1 saturated carbocycles. The Bertz CT molecular complexity index is 147. The molecule has 1 aliphatic carbocycles. The van der Waals surface area contributed by atoms with Crippen LogP contribution in [-0.2, 0) is 4.74 Å². The van der Waals surface area contributed by atoms with Crippen molar-refractivity contribution in [3.63, 3.8) is 0 Å². The number of hydrogen-bond donors (Lipinski definition) is 1. The van der Waals surface area contributed by atoms with Crippen LogP contribution in [0.3, 0.4) is 0 Å². The van der Waals surface area contributed by atoms with Gasteiger partial charge in [-0.15, -0.1) is 0 Å². The number of hydrogen-bond acceptors (Lipinski definition) is 3. The van der Waals surface area contributed by atoms with Gasteiger partial charge in [-0.25, -0.2) is 0 Å². The quantitative estimate of drug-likeness (QED) is 0.620. The first-order valence-corrected chi connectivity index (χ1v) is 6.33. The molecule has 0 aliphatic heterocycles. The monoisotopic (exact) mass is 214 g/mol. The van der Waals surface area contributed by atoms with Crippen LogP contribution in [0.5, 0.6) is 0 Å². The molecule has 1 N–H and O–H groups in total. The van der Waals surface area contributed by atoms with E-state index in [1.54, 1.807) is 0 Å². The van der Waals surface area contributed by atoms with E-state index in [9.17, 15) is 0 Å². The number of ether oxygens (including phenoxy) is 1. The van der Waals surface area contributed by atoms with E-state index in [1.807, 2.05) is 6.92 Å². The smallest absolute Gasteiger partial charge is 0.0590 e. The second kappa shape index (κ2) is 8.08. The Morgan fingerprint density at radius 3 is 2.67 bits per heavy atom. The summed E-state index contributed by atoms with van der Waals surface area (Å²) in [7, 11) is 2.25. The van der Waals surface area contributed by atoms with Gasteiger partial charge in [0.2, 0.25) is 0 Å². The molecule has 0 bridgehead atoms. The zero-order chi connectivity index (χ0) is 10.9. The van der Waals surface area contributed by atoms with Gasteiger partial charge in [0.25, 0.3) is 0 Å². The second-order valence-corrected chi connectivity index (χ2v) is 4.37. The van der Waals surface area contributed by atoms with Crippen molar-refractivity contribution in [1.29, 1.82) is 0 Å². The molecule has 3 heteroatoms. The van der Waals surface area contributed by atoms with Crippen molar-refractivity contribution in [2.75, 3.05) is 39.9 Å². The predicted octanol–water partition coefficient (Wildman–Crippen LogP) is 1.49. The molecule has 0 amide bonds. The van der Waals surface area contributed by atoms with Gasteiger partial charge in [-0.2, -0.15) is 0 Å². The highest BCUT2D eigenvalue weighted by atomic mass is 16.5. The highest BCUT2D eigenvalue weighted by Gasteiger charge is 2.18. The molecule has 0 saturated heterocycles. The molecule has 90 valence electrons. The van der Waals surface area contributed by atoms with Gasteiger partial charge in [-0.3, -0.25) is 0 Å². The van der Waals surface area contributed by atoms with Gasteiger partial charge in [0.1, 0.15) is 0 Å². The predicted molar refractivity (Wildman–Crippen MR) is 64.2 cm³/mol. The Balaban J connectivity index is 1.90. The van der Waals surface area contributed by atoms with Gasteiger partial charge in [0.05, 0.1) is 6.61 Å². The summed E-state index contributed by atoms with van der Waals surface area (Å²) in [6.45, 7) is 6.92. The summed E-state index contributed by atoms with van der Waals surface area (Å²) in [5.74, 6) is 0. The van der Waals surface area contributed by atoms with Gasteiger partial charge in [0.15, 0.2) is 0 Å². The summed E-state index contributed by atoms with van der Waals surface area (Å²) in [5.41, 5.74) is 0. The molecule has 3 nitrogen and oxygen atoms in total. The fourth-order valence-electron chi connectivity index (χ4n) is 2.20. The molecule has 0 heterocycles. The van der Waals surface area contributed by atoms with E-state index >= 15 is 0 Å². The number of rotatable bonds is 8. The lowest BCUT2D eigenvalue weighted by molar-refractivity contribution is 0.148. The molecule has 0 aromatic carbocycles. The number of likely N-dealkylation sites (N-methyl/N-ethyl adjacent to an activating group) is 1. The fraction of sp³-hybridized carbons (Fsp3) is 1.00. The van der Waals surface area contributed by atoms with Crippen molar-refractivity contribution >= 4 is 0 Å². The third-order valence-corrected chi connectivity index (χ3v) is 3.22. The van der Waals surface area contributed by atoms with E-state index in [4.69, 9.17) is 4.74 Å². The molecular formula is C12H26N2O. The zero-order valence-electron chi connectivity index (χ0n) is 10.3. The minimum absolute atomic E-state index is 0.823. The Morgan fingerprint density at radius 1 is 1.27 bits per heavy atom. The third-order valence-electron chi connectivity index (χ3n) is 3.22. The normalized spacial score (nSPS) is 17.8. The van der Waals surface area contributed by atoms with Gasteiger partial charge < -0.3 is 15.0 Å². The SMILES string of the molecule is CCOCCNCCN(C)C1CCCC1. The molecule has 1 rings (SSSR count). The molecular weight excluding hydrogens is 188 g/mol. The van der Waals surface area contributed by atoms with Crippen LogP contribution in [0.1, 0.15) is 32.6 Å². The molecule has 0 aromatic heterocycles. The number of nitrogens with one attached hydrogen (secondary N) is 1. The van der Waals surface area contributed by atoms with Crippen LogP contribution in [-0.4, -0.2) is 50.8 Å². The largest absolute Gasteiger partial charge is 0.380 e. The summed E-state index contributed by atoms with van der Waals surface area (Å²) in [5, 5.41) is 3.41. The Labute approximate surface area is 94.2 Å². The Kier molecular flexibility index (Phi) is 6.98. The maximum atomic E-state index is 5.26. The molecule has 15 heavy (non-hydrogen) atoms. The van der Waals surface area contributed by atoms with E-state index < -0.39 is 0 Å². The van der Waals surface area contributed by atoms with Crippen LogP contribution in [0.2, 0.25) is 0 Å². The maximum Gasteiger partial charge on any atom is 0.0590 e. The minimum atomic E-state index is 0.823. The van der Waals surface area contributed by atoms with Crippen LogP contribution in [0.25, 0.3) is 0 Å². The van der Waals surface area contributed by atoms with Crippen LogP contribution in [0.15, 0.2) is 0 Å². The van der Waals surface area contributed by atoms with Gasteiger partial charge in [-0.05, 0) is 26.8 Å². The maximum absolute atomic E-state index is 5.26. The van der Waals surface area contributed by atoms with E-state index in [1.165, 1.54) is 25.7 Å². The first kappa shape index (κ1) is 12.9. The van der Waals surface area contributed by atoms with Gasteiger partial charge in [-0.1, -0.05) is 12.8 Å². The summed E-state index contributed by atoms with van der Waals surface area (Å²) in [4.78, 5) is 2.50. The lowest BCUT2D eigenvalue weighted by Gasteiger charge is -2.23. The van der Waals surface area contributed by atoms with E-state index in [-0.39, 0.29) is 0 Å². The first-order valence-electron chi connectivity index (χ1n) is 6.33. The van der Waals surface area contributed by atoms with Crippen molar-refractivity contribution in [2.45, 2.75) is 38.6 Å². The average molecular weight is 214 g/mol. The van der Waals surface area contributed by atoms with Crippen molar-refractivity contribution in [3.05, 3.63) is 0 Å². The molecule has 1 aliphatic rings. The van der Waals surface area contributed by atoms with Crippen LogP contribution in [0, 0.1) is 0 Å².